The van der Waals surface area contributed by atoms with E-state index in [0.29, 0.717) is 45.0 Å². The molecule has 4 heterocycles. The highest BCUT2D eigenvalue weighted by Crippen LogP contribution is 2.41. The number of aromatic nitrogens is 5. The molecule has 0 aliphatic heterocycles. The fraction of sp³-hybridized carbons (Fsp3) is 0. The van der Waals surface area contributed by atoms with Crippen LogP contribution in [0.25, 0.3) is 128 Å². The zero-order chi connectivity index (χ0) is 50.1. The molecule has 0 bridgehead atoms. The van der Waals surface area contributed by atoms with Crippen LogP contribution in [0.15, 0.2) is 231 Å². The summed E-state index contributed by atoms with van der Waals surface area (Å²) >= 11 is 0. The van der Waals surface area contributed by atoms with E-state index in [-0.39, 0.29) is 0 Å². The van der Waals surface area contributed by atoms with Crippen LogP contribution in [0.2, 0.25) is 0 Å². The minimum absolute atomic E-state index is 0.384. The number of rotatable bonds is 7. The Balaban J connectivity index is 0.911. The molecular formula is C67H38N8. The Kier molecular flexibility index (Phi) is 9.85. The van der Waals surface area contributed by atoms with E-state index in [1.807, 2.05) is 78.9 Å². The first kappa shape index (κ1) is 43.0. The van der Waals surface area contributed by atoms with Crippen LogP contribution in [-0.2, 0) is 0 Å². The van der Waals surface area contributed by atoms with Crippen molar-refractivity contribution in [1.29, 1.82) is 15.8 Å². The van der Waals surface area contributed by atoms with Crippen LogP contribution < -0.4 is 0 Å². The first-order chi connectivity index (χ1) is 37.1. The van der Waals surface area contributed by atoms with Crippen molar-refractivity contribution < 1.29 is 0 Å². The van der Waals surface area contributed by atoms with Gasteiger partial charge in [-0.2, -0.15) is 15.8 Å². The van der Waals surface area contributed by atoms with Gasteiger partial charge < -0.3 is 13.7 Å². The Hall–Kier alpha value is -10.9. The fourth-order valence-electron chi connectivity index (χ4n) is 11.2. The van der Waals surface area contributed by atoms with Gasteiger partial charge in [-0.15, -0.1) is 0 Å². The fourth-order valence-corrected chi connectivity index (χ4v) is 11.2. The molecule has 346 valence electrons. The predicted molar refractivity (Wildman–Crippen MR) is 301 cm³/mol. The van der Waals surface area contributed by atoms with Crippen LogP contribution in [0.1, 0.15) is 16.7 Å². The molecule has 0 unspecified atom stereocenters. The highest BCUT2D eigenvalue weighted by Gasteiger charge is 2.21. The van der Waals surface area contributed by atoms with E-state index in [9.17, 15) is 15.8 Å². The molecule has 0 fully saturated rings. The monoisotopic (exact) mass is 954 g/mol. The van der Waals surface area contributed by atoms with Crippen molar-refractivity contribution in [3.63, 3.8) is 0 Å². The molecule has 10 aromatic carbocycles. The lowest BCUT2D eigenvalue weighted by Gasteiger charge is -2.13. The van der Waals surface area contributed by atoms with E-state index in [0.717, 1.165) is 77.6 Å². The van der Waals surface area contributed by atoms with E-state index >= 15 is 0 Å². The molecule has 0 spiro atoms. The average Bonchev–Trinajstić information content (AvgIpc) is 4.13. The molecule has 0 saturated carbocycles. The number of benzene rings is 10. The van der Waals surface area contributed by atoms with E-state index in [4.69, 9.17) is 9.97 Å². The first-order valence-electron chi connectivity index (χ1n) is 24.7. The minimum Gasteiger partial charge on any atom is -0.309 e. The zero-order valence-electron chi connectivity index (χ0n) is 40.0. The van der Waals surface area contributed by atoms with E-state index in [2.05, 4.69) is 171 Å². The summed E-state index contributed by atoms with van der Waals surface area (Å²) in [5, 5.41) is 38.0. The molecule has 0 saturated heterocycles. The van der Waals surface area contributed by atoms with Crippen molar-refractivity contribution in [2.45, 2.75) is 0 Å². The highest BCUT2D eigenvalue weighted by molar-refractivity contribution is 6.14. The zero-order valence-corrected chi connectivity index (χ0v) is 40.0. The first-order valence-corrected chi connectivity index (χ1v) is 24.7. The molecule has 0 N–H and O–H groups in total. The SMILES string of the molecule is N#Cc1cc(-n2c3ccc(-n4c5ccccc5c5ccccc54)cc3c3cc(-n4c5ccccc5c5ccccc54)ccc32)ccc1-c1ccc(-c2cc(-c3ccccc3C#N)nc(-c3ccccc3C#N)n2)cc1. The molecular weight excluding hydrogens is 917 g/mol. The number of nitriles is 3. The van der Waals surface area contributed by atoms with Gasteiger partial charge in [0, 0.05) is 66.1 Å². The summed E-state index contributed by atoms with van der Waals surface area (Å²) in [4.78, 5) is 9.87. The lowest BCUT2D eigenvalue weighted by molar-refractivity contribution is 1.16. The standard InChI is InChI=1S/C67H38N8/c68-39-44-13-1-3-15-51(44)60-38-59(71-67(72-60)52-16-4-2-14-45(52)40-69)43-27-25-42(26-28-43)50-32-29-47(35-46(50)41-70)73-65-33-30-48(74-61-21-9-5-17-53(61)54-18-6-10-22-62(54)74)36-57(65)58-37-49(31-34-66(58)73)75-63-23-11-7-19-55(63)56-20-8-12-24-64(56)75/h1-38H. The molecule has 0 radical (unpaired) electrons. The van der Waals surface area contributed by atoms with Crippen LogP contribution in [0.3, 0.4) is 0 Å². The third kappa shape index (κ3) is 6.81. The molecule has 8 heteroatoms. The molecule has 14 rings (SSSR count). The van der Waals surface area contributed by atoms with Crippen molar-refractivity contribution in [2.75, 3.05) is 0 Å². The van der Waals surface area contributed by atoms with Crippen molar-refractivity contribution >= 4 is 65.4 Å². The van der Waals surface area contributed by atoms with Crippen molar-refractivity contribution in [1.82, 2.24) is 23.7 Å². The van der Waals surface area contributed by atoms with Crippen molar-refractivity contribution in [2.24, 2.45) is 0 Å². The van der Waals surface area contributed by atoms with E-state index < -0.39 is 0 Å². The third-order valence-electron chi connectivity index (χ3n) is 14.6. The summed E-state index contributed by atoms with van der Waals surface area (Å²) in [6.07, 6.45) is 0. The molecule has 8 nitrogen and oxygen atoms in total. The molecule has 75 heavy (non-hydrogen) atoms. The smallest absolute Gasteiger partial charge is 0.161 e. The van der Waals surface area contributed by atoms with Gasteiger partial charge in [0.1, 0.15) is 0 Å². The van der Waals surface area contributed by atoms with Crippen LogP contribution in [0.4, 0.5) is 0 Å². The normalized spacial score (nSPS) is 11.4. The summed E-state index contributed by atoms with van der Waals surface area (Å²) in [6, 6.07) is 85.6. The van der Waals surface area contributed by atoms with Gasteiger partial charge in [0.05, 0.1) is 79.4 Å². The second-order valence-corrected chi connectivity index (χ2v) is 18.7. The Bertz CT molecular complexity index is 4460. The highest BCUT2D eigenvalue weighted by atomic mass is 15.0. The molecule has 0 aliphatic carbocycles. The van der Waals surface area contributed by atoms with Gasteiger partial charge in [0.2, 0.25) is 0 Å². The van der Waals surface area contributed by atoms with Gasteiger partial charge in [-0.3, -0.25) is 0 Å². The molecule has 0 atom stereocenters. The van der Waals surface area contributed by atoms with Gasteiger partial charge in [0.25, 0.3) is 0 Å². The molecule has 14 aromatic rings. The van der Waals surface area contributed by atoms with Crippen LogP contribution in [0, 0.1) is 34.0 Å². The average molecular weight is 955 g/mol. The van der Waals surface area contributed by atoms with Crippen molar-refractivity contribution in [3.8, 4) is 80.3 Å². The van der Waals surface area contributed by atoms with Gasteiger partial charge in [0.15, 0.2) is 5.82 Å². The lowest BCUT2D eigenvalue weighted by atomic mass is 9.97. The van der Waals surface area contributed by atoms with Gasteiger partial charge in [-0.1, -0.05) is 133 Å². The summed E-state index contributed by atoms with van der Waals surface area (Å²) in [7, 11) is 0. The Morgan fingerprint density at radius 2 is 0.667 bits per heavy atom. The summed E-state index contributed by atoms with van der Waals surface area (Å²) in [5.41, 5.74) is 16.0. The second kappa shape index (κ2) is 17.2. The molecule has 4 aromatic heterocycles. The van der Waals surface area contributed by atoms with E-state index in [1.165, 1.54) is 21.5 Å². The van der Waals surface area contributed by atoms with Crippen LogP contribution in [-0.4, -0.2) is 23.7 Å². The lowest BCUT2D eigenvalue weighted by Crippen LogP contribution is -1.99. The number of hydrogen-bond donors (Lipinski definition) is 0. The van der Waals surface area contributed by atoms with Crippen LogP contribution in [0.5, 0.6) is 0 Å². The van der Waals surface area contributed by atoms with Gasteiger partial charge in [-0.05, 0) is 108 Å². The van der Waals surface area contributed by atoms with E-state index in [1.54, 1.807) is 12.1 Å². The molecule has 0 aliphatic rings. The third-order valence-corrected chi connectivity index (χ3v) is 14.6. The summed E-state index contributed by atoms with van der Waals surface area (Å²) < 4.78 is 7.01. The maximum Gasteiger partial charge on any atom is 0.161 e. The maximum absolute atomic E-state index is 10.9. The summed E-state index contributed by atoms with van der Waals surface area (Å²) in [5.74, 6) is 0.384. The Morgan fingerprint density at radius 3 is 1.17 bits per heavy atom. The van der Waals surface area contributed by atoms with Crippen LogP contribution >= 0.6 is 0 Å². The largest absolute Gasteiger partial charge is 0.309 e. The summed E-state index contributed by atoms with van der Waals surface area (Å²) in [6.45, 7) is 0. The number of nitrogens with zero attached hydrogens (tertiary/aromatic N) is 8. The second-order valence-electron chi connectivity index (χ2n) is 18.7. The Labute approximate surface area is 430 Å². The predicted octanol–water partition coefficient (Wildman–Crippen LogP) is 16.1. The van der Waals surface area contributed by atoms with Gasteiger partial charge in [-0.25, -0.2) is 9.97 Å². The maximum atomic E-state index is 10.9. The minimum atomic E-state index is 0.384. The van der Waals surface area contributed by atoms with Crippen molar-refractivity contribution in [3.05, 3.63) is 247 Å². The molecule has 0 amide bonds. The van der Waals surface area contributed by atoms with Gasteiger partial charge >= 0.3 is 0 Å². The number of para-hydroxylation sites is 4. The quantitative estimate of drug-likeness (QED) is 0.158. The number of fused-ring (bicyclic) bond motifs is 9. The topological polar surface area (TPSA) is 112 Å². The number of hydrogen-bond acceptors (Lipinski definition) is 5. The Morgan fingerprint density at radius 1 is 0.280 bits per heavy atom.